The fourth-order valence-electron chi connectivity index (χ4n) is 4.41. The molecule has 4 rings (SSSR count). The van der Waals surface area contributed by atoms with Crippen LogP contribution >= 0.6 is 11.3 Å². The van der Waals surface area contributed by atoms with Gasteiger partial charge in [-0.1, -0.05) is 17.4 Å². The van der Waals surface area contributed by atoms with E-state index in [1.165, 1.54) is 26.2 Å². The minimum absolute atomic E-state index is 0.114. The molecule has 1 aliphatic heterocycles. The Hall–Kier alpha value is -4.38. The molecule has 0 unspecified atom stereocenters. The van der Waals surface area contributed by atoms with Crippen molar-refractivity contribution >= 4 is 39.9 Å². The fourth-order valence-corrected chi connectivity index (χ4v) is 5.40. The molecular formula is C28H28N2O8S. The van der Waals surface area contributed by atoms with E-state index in [-0.39, 0.29) is 27.9 Å². The van der Waals surface area contributed by atoms with Gasteiger partial charge in [-0.05, 0) is 62.2 Å². The molecule has 1 aliphatic rings. The van der Waals surface area contributed by atoms with Crippen LogP contribution in [0.5, 0.6) is 17.2 Å². The second kappa shape index (κ2) is 11.2. The zero-order valence-electron chi connectivity index (χ0n) is 22.4. The first-order valence-electron chi connectivity index (χ1n) is 12.0. The summed E-state index contributed by atoms with van der Waals surface area (Å²) in [6.45, 7) is 5.23. The number of nitrogens with zero attached hydrogens (tertiary/aromatic N) is 2. The number of Topliss-reactive ketones (excluding diaryl/α,β-unsaturated/α-hetero) is 1. The number of anilines is 1. The summed E-state index contributed by atoms with van der Waals surface area (Å²) in [7, 11) is 4.48. The highest BCUT2D eigenvalue weighted by molar-refractivity contribution is 7.17. The van der Waals surface area contributed by atoms with Gasteiger partial charge in [-0.25, -0.2) is 9.78 Å². The Kier molecular flexibility index (Phi) is 7.91. The third-order valence-electron chi connectivity index (χ3n) is 6.31. The van der Waals surface area contributed by atoms with Crippen molar-refractivity contribution < 1.29 is 38.4 Å². The van der Waals surface area contributed by atoms with Crippen LogP contribution in [0.4, 0.5) is 5.13 Å². The van der Waals surface area contributed by atoms with Gasteiger partial charge in [0, 0.05) is 5.56 Å². The average Bonchev–Trinajstić information content (AvgIpc) is 3.44. The van der Waals surface area contributed by atoms with Crippen LogP contribution in [0.25, 0.3) is 5.76 Å². The summed E-state index contributed by atoms with van der Waals surface area (Å²) in [6, 6.07) is 8.85. The second-order valence-corrected chi connectivity index (χ2v) is 9.57. The molecule has 39 heavy (non-hydrogen) atoms. The number of thiazole rings is 1. The highest BCUT2D eigenvalue weighted by Gasteiger charge is 2.48. The van der Waals surface area contributed by atoms with E-state index in [2.05, 4.69) is 4.98 Å². The normalized spacial score (nSPS) is 16.4. The van der Waals surface area contributed by atoms with E-state index in [0.717, 1.165) is 11.3 Å². The third kappa shape index (κ3) is 4.92. The van der Waals surface area contributed by atoms with Gasteiger partial charge in [0.05, 0.1) is 45.2 Å². The van der Waals surface area contributed by atoms with Gasteiger partial charge < -0.3 is 24.1 Å². The van der Waals surface area contributed by atoms with Gasteiger partial charge in [-0.2, -0.15) is 0 Å². The molecule has 0 spiro atoms. The summed E-state index contributed by atoms with van der Waals surface area (Å²) in [4.78, 5) is 45.4. The van der Waals surface area contributed by atoms with Crippen molar-refractivity contribution in [2.24, 2.45) is 0 Å². The van der Waals surface area contributed by atoms with Gasteiger partial charge in [0.1, 0.15) is 16.4 Å². The minimum atomic E-state index is -1.08. The number of aryl methyl sites for hydroxylation is 2. The standard InChI is InChI=1S/C28H28N2O8S/c1-7-38-27(34)25-15(3)29-28(39-25)30-22(16-8-11-19(36-5)20(13-16)37-6)21(24(32)26(30)33)23(31)18-10-9-17(35-4)12-14(18)2/h8-13,22,31H,7H2,1-6H3/t22-/m0/s1. The lowest BCUT2D eigenvalue weighted by atomic mass is 9.93. The largest absolute Gasteiger partial charge is 0.507 e. The van der Waals surface area contributed by atoms with E-state index >= 15 is 0 Å². The van der Waals surface area contributed by atoms with E-state index in [9.17, 15) is 19.5 Å². The van der Waals surface area contributed by atoms with Gasteiger partial charge in [-0.15, -0.1) is 0 Å². The third-order valence-corrected chi connectivity index (χ3v) is 7.45. The van der Waals surface area contributed by atoms with Crippen LogP contribution in [0.2, 0.25) is 0 Å². The first-order valence-corrected chi connectivity index (χ1v) is 12.8. The number of methoxy groups -OCH3 is 3. The smallest absolute Gasteiger partial charge is 0.350 e. The molecule has 0 saturated carbocycles. The molecule has 1 fully saturated rings. The van der Waals surface area contributed by atoms with Crippen LogP contribution in [-0.4, -0.2) is 55.7 Å². The topological polar surface area (TPSA) is 124 Å². The number of esters is 1. The number of ketones is 1. The van der Waals surface area contributed by atoms with Crippen molar-refractivity contribution in [1.29, 1.82) is 0 Å². The summed E-state index contributed by atoms with van der Waals surface area (Å²) in [6.07, 6.45) is 0. The van der Waals surface area contributed by atoms with Gasteiger partial charge in [0.2, 0.25) is 0 Å². The Morgan fingerprint density at radius 1 is 1.03 bits per heavy atom. The number of aromatic nitrogens is 1. The molecule has 2 aromatic carbocycles. The highest BCUT2D eigenvalue weighted by atomic mass is 32.1. The first-order chi connectivity index (χ1) is 18.7. The molecule has 1 atom stereocenters. The van der Waals surface area contributed by atoms with Gasteiger partial charge >= 0.3 is 11.9 Å². The Bertz CT molecular complexity index is 1490. The molecule has 1 aromatic heterocycles. The quantitative estimate of drug-likeness (QED) is 0.185. The molecule has 0 bridgehead atoms. The number of aliphatic hydroxyl groups is 1. The number of amides is 1. The van der Waals surface area contributed by atoms with Crippen molar-refractivity contribution in [1.82, 2.24) is 4.98 Å². The predicted octanol–water partition coefficient (Wildman–Crippen LogP) is 4.59. The van der Waals surface area contributed by atoms with E-state index < -0.39 is 23.7 Å². The molecule has 2 heterocycles. The second-order valence-electron chi connectivity index (χ2n) is 8.60. The van der Waals surface area contributed by atoms with Crippen LogP contribution in [0, 0.1) is 13.8 Å². The molecular weight excluding hydrogens is 524 g/mol. The number of aliphatic hydroxyl groups excluding tert-OH is 1. The van der Waals surface area contributed by atoms with Crippen molar-refractivity contribution in [3.05, 3.63) is 69.2 Å². The summed E-state index contributed by atoms with van der Waals surface area (Å²) in [5, 5.41) is 11.6. The molecule has 3 aromatic rings. The van der Waals surface area contributed by atoms with E-state index in [0.29, 0.717) is 39.6 Å². The summed E-state index contributed by atoms with van der Waals surface area (Å²) in [5.74, 6) is -1.34. The number of ether oxygens (including phenoxy) is 4. The molecule has 11 heteroatoms. The zero-order valence-corrected chi connectivity index (χ0v) is 23.2. The van der Waals surface area contributed by atoms with E-state index in [1.807, 2.05) is 0 Å². The van der Waals surface area contributed by atoms with Crippen LogP contribution in [0.1, 0.15) is 45.0 Å². The maximum absolute atomic E-state index is 13.5. The van der Waals surface area contributed by atoms with Crippen LogP contribution in [-0.2, 0) is 14.3 Å². The summed E-state index contributed by atoms with van der Waals surface area (Å²) < 4.78 is 21.2. The number of benzene rings is 2. The van der Waals surface area contributed by atoms with Crippen molar-refractivity contribution in [3.8, 4) is 17.2 Å². The zero-order chi connectivity index (χ0) is 28.4. The van der Waals surface area contributed by atoms with Crippen LogP contribution < -0.4 is 19.1 Å². The Labute approximate surface area is 229 Å². The van der Waals surface area contributed by atoms with Crippen molar-refractivity contribution in [2.45, 2.75) is 26.8 Å². The van der Waals surface area contributed by atoms with Crippen LogP contribution in [0.3, 0.4) is 0 Å². The monoisotopic (exact) mass is 552 g/mol. The number of carbonyl (C=O) groups is 3. The van der Waals surface area contributed by atoms with Crippen LogP contribution in [0.15, 0.2) is 42.0 Å². The molecule has 10 nitrogen and oxygen atoms in total. The SMILES string of the molecule is CCOC(=O)c1sc(N2C(=O)C(=O)C(=C(O)c3ccc(OC)cc3C)[C@@H]2c2ccc(OC)c(OC)c2)nc1C. The molecule has 0 aliphatic carbocycles. The summed E-state index contributed by atoms with van der Waals surface area (Å²) >= 11 is 0.935. The van der Waals surface area contributed by atoms with Gasteiger partial charge in [0.25, 0.3) is 5.78 Å². The fraction of sp³-hybridized carbons (Fsp3) is 0.286. The van der Waals surface area contributed by atoms with Gasteiger partial charge in [-0.3, -0.25) is 14.5 Å². The molecule has 0 radical (unpaired) electrons. The Morgan fingerprint density at radius 3 is 2.36 bits per heavy atom. The minimum Gasteiger partial charge on any atom is -0.507 e. The lowest BCUT2D eigenvalue weighted by Gasteiger charge is -2.24. The van der Waals surface area contributed by atoms with E-state index in [1.54, 1.807) is 57.2 Å². The lowest BCUT2D eigenvalue weighted by Crippen LogP contribution is -2.29. The van der Waals surface area contributed by atoms with E-state index in [4.69, 9.17) is 18.9 Å². The number of hydrogen-bond acceptors (Lipinski definition) is 10. The lowest BCUT2D eigenvalue weighted by molar-refractivity contribution is -0.132. The maximum atomic E-state index is 13.5. The Balaban J connectivity index is 1.96. The number of rotatable bonds is 8. The highest BCUT2D eigenvalue weighted by Crippen LogP contribution is 2.46. The molecule has 1 amide bonds. The predicted molar refractivity (Wildman–Crippen MR) is 145 cm³/mol. The van der Waals surface area contributed by atoms with Gasteiger partial charge in [0.15, 0.2) is 16.6 Å². The number of carbonyl (C=O) groups excluding carboxylic acids is 3. The molecule has 1 N–H and O–H groups in total. The molecule has 1 saturated heterocycles. The first kappa shape index (κ1) is 27.6. The Morgan fingerprint density at radius 2 is 1.74 bits per heavy atom. The summed E-state index contributed by atoms with van der Waals surface area (Å²) in [5.41, 5.74) is 1.68. The molecule has 204 valence electrons. The number of hydrogen-bond donors (Lipinski definition) is 1. The van der Waals surface area contributed by atoms with Crippen molar-refractivity contribution in [3.63, 3.8) is 0 Å². The van der Waals surface area contributed by atoms with Crippen molar-refractivity contribution in [2.75, 3.05) is 32.8 Å². The maximum Gasteiger partial charge on any atom is 0.350 e. The average molecular weight is 553 g/mol.